The van der Waals surface area contributed by atoms with E-state index in [-0.39, 0.29) is 5.91 Å². The second-order valence-electron chi connectivity index (χ2n) is 4.33. The Morgan fingerprint density at radius 3 is 2.63 bits per heavy atom. The van der Waals surface area contributed by atoms with Crippen molar-refractivity contribution in [2.75, 3.05) is 17.7 Å². The molecular formula is C15H17N3O. The summed E-state index contributed by atoms with van der Waals surface area (Å²) < 4.78 is 0. The molecule has 0 bridgehead atoms. The predicted molar refractivity (Wildman–Crippen MR) is 77.3 cm³/mol. The van der Waals surface area contributed by atoms with E-state index in [1.807, 2.05) is 43.3 Å². The topological polar surface area (TPSA) is 54.0 Å². The minimum atomic E-state index is -0.0340. The summed E-state index contributed by atoms with van der Waals surface area (Å²) in [5, 5.41) is 5.77. The van der Waals surface area contributed by atoms with Crippen molar-refractivity contribution >= 4 is 17.4 Å². The Kier molecular flexibility index (Phi) is 4.13. The van der Waals surface area contributed by atoms with Gasteiger partial charge in [-0.3, -0.25) is 4.79 Å². The highest BCUT2D eigenvalue weighted by molar-refractivity contribution is 5.92. The average molecular weight is 255 g/mol. The van der Waals surface area contributed by atoms with E-state index >= 15 is 0 Å². The first kappa shape index (κ1) is 13.1. The Morgan fingerprint density at radius 2 is 2.00 bits per heavy atom. The third-order valence-corrected chi connectivity index (χ3v) is 2.92. The van der Waals surface area contributed by atoms with E-state index in [1.54, 1.807) is 13.2 Å². The van der Waals surface area contributed by atoms with Crippen LogP contribution < -0.4 is 10.6 Å². The van der Waals surface area contributed by atoms with Crippen LogP contribution in [0.15, 0.2) is 42.6 Å². The van der Waals surface area contributed by atoms with Gasteiger partial charge in [-0.15, -0.1) is 0 Å². The molecule has 2 N–H and O–H groups in total. The van der Waals surface area contributed by atoms with E-state index in [1.165, 1.54) is 0 Å². The largest absolute Gasteiger partial charge is 0.373 e. The zero-order valence-corrected chi connectivity index (χ0v) is 11.1. The van der Waals surface area contributed by atoms with Gasteiger partial charge in [0.2, 0.25) is 5.91 Å². The van der Waals surface area contributed by atoms with E-state index in [0.29, 0.717) is 12.1 Å². The summed E-state index contributed by atoms with van der Waals surface area (Å²) in [4.78, 5) is 16.1. The average Bonchev–Trinajstić information content (AvgIpc) is 2.42. The molecule has 0 aliphatic rings. The highest BCUT2D eigenvalue weighted by atomic mass is 16.1. The first-order valence-electron chi connectivity index (χ1n) is 6.17. The number of aryl methyl sites for hydroxylation is 1. The van der Waals surface area contributed by atoms with Crippen LogP contribution in [0.4, 0.5) is 11.5 Å². The molecule has 0 saturated carbocycles. The van der Waals surface area contributed by atoms with E-state index < -0.39 is 0 Å². The van der Waals surface area contributed by atoms with Crippen LogP contribution in [0.3, 0.4) is 0 Å². The van der Waals surface area contributed by atoms with Gasteiger partial charge < -0.3 is 10.6 Å². The molecule has 2 aromatic rings. The summed E-state index contributed by atoms with van der Waals surface area (Å²) in [6, 6.07) is 11.5. The number of carbonyl (C=O) groups is 1. The molecule has 2 rings (SSSR count). The molecule has 0 aliphatic heterocycles. The van der Waals surface area contributed by atoms with Crippen molar-refractivity contribution < 1.29 is 4.79 Å². The molecule has 0 saturated heterocycles. The Hall–Kier alpha value is -2.36. The monoisotopic (exact) mass is 255 g/mol. The number of carbonyl (C=O) groups excluding carboxylic acids is 1. The summed E-state index contributed by atoms with van der Waals surface area (Å²) in [7, 11) is 1.80. The summed E-state index contributed by atoms with van der Waals surface area (Å²) in [6.45, 7) is 2.01. The van der Waals surface area contributed by atoms with Crippen LogP contribution >= 0.6 is 0 Å². The van der Waals surface area contributed by atoms with Gasteiger partial charge in [0.25, 0.3) is 0 Å². The van der Waals surface area contributed by atoms with E-state index in [2.05, 4.69) is 15.6 Å². The van der Waals surface area contributed by atoms with E-state index in [4.69, 9.17) is 0 Å². The van der Waals surface area contributed by atoms with Crippen molar-refractivity contribution in [2.45, 2.75) is 13.3 Å². The lowest BCUT2D eigenvalue weighted by molar-refractivity contribution is -0.115. The molecule has 1 aromatic carbocycles. The molecule has 4 nitrogen and oxygen atoms in total. The van der Waals surface area contributed by atoms with Crippen LogP contribution in [-0.4, -0.2) is 17.9 Å². The van der Waals surface area contributed by atoms with Gasteiger partial charge >= 0.3 is 0 Å². The lowest BCUT2D eigenvalue weighted by Crippen LogP contribution is -2.15. The summed E-state index contributed by atoms with van der Waals surface area (Å²) in [5.41, 5.74) is 2.87. The maximum Gasteiger partial charge on any atom is 0.228 e. The molecular weight excluding hydrogens is 238 g/mol. The minimum absolute atomic E-state index is 0.0340. The van der Waals surface area contributed by atoms with Gasteiger partial charge in [0.1, 0.15) is 5.82 Å². The van der Waals surface area contributed by atoms with Crippen molar-refractivity contribution in [1.82, 2.24) is 4.98 Å². The lowest BCUT2D eigenvalue weighted by Gasteiger charge is -2.07. The van der Waals surface area contributed by atoms with Crippen LogP contribution in [0.1, 0.15) is 11.1 Å². The van der Waals surface area contributed by atoms with E-state index in [9.17, 15) is 4.79 Å². The number of pyridine rings is 1. The molecule has 0 spiro atoms. The summed E-state index contributed by atoms with van der Waals surface area (Å²) >= 11 is 0. The van der Waals surface area contributed by atoms with Crippen molar-refractivity contribution in [1.29, 1.82) is 0 Å². The van der Waals surface area contributed by atoms with Crippen molar-refractivity contribution in [3.8, 4) is 0 Å². The minimum Gasteiger partial charge on any atom is -0.373 e. The Bertz CT molecular complexity index is 564. The molecule has 1 heterocycles. The smallest absolute Gasteiger partial charge is 0.228 e. The molecule has 0 atom stereocenters. The number of anilines is 2. The highest BCUT2D eigenvalue weighted by Crippen LogP contribution is 2.11. The SMILES string of the molecule is CNc1ccc(NC(=O)Cc2ccccc2C)cn1. The summed E-state index contributed by atoms with van der Waals surface area (Å²) in [5.74, 6) is 0.741. The van der Waals surface area contributed by atoms with Crippen LogP contribution in [0, 0.1) is 6.92 Å². The third kappa shape index (κ3) is 3.55. The van der Waals surface area contributed by atoms with Gasteiger partial charge in [-0.05, 0) is 30.2 Å². The predicted octanol–water partition coefficient (Wildman–Crippen LogP) is 2.61. The molecule has 98 valence electrons. The zero-order chi connectivity index (χ0) is 13.7. The molecule has 0 fully saturated rings. The zero-order valence-electron chi connectivity index (χ0n) is 11.1. The number of nitrogens with zero attached hydrogens (tertiary/aromatic N) is 1. The van der Waals surface area contributed by atoms with Crippen molar-refractivity contribution in [3.63, 3.8) is 0 Å². The highest BCUT2D eigenvalue weighted by Gasteiger charge is 2.06. The molecule has 4 heteroatoms. The first-order chi connectivity index (χ1) is 9.19. The van der Waals surface area contributed by atoms with Crippen LogP contribution in [0.5, 0.6) is 0 Å². The standard InChI is InChI=1S/C15H17N3O/c1-11-5-3-4-6-12(11)9-15(19)18-13-7-8-14(16-2)17-10-13/h3-8,10H,9H2,1-2H3,(H,16,17)(H,18,19). The quantitative estimate of drug-likeness (QED) is 0.883. The molecule has 1 aromatic heterocycles. The fourth-order valence-electron chi connectivity index (χ4n) is 1.80. The van der Waals surface area contributed by atoms with Gasteiger partial charge in [0.15, 0.2) is 0 Å². The molecule has 0 unspecified atom stereocenters. The first-order valence-corrected chi connectivity index (χ1v) is 6.17. The Labute approximate surface area is 112 Å². The molecule has 0 aliphatic carbocycles. The number of aromatic nitrogens is 1. The second kappa shape index (κ2) is 6.00. The van der Waals surface area contributed by atoms with Crippen molar-refractivity contribution in [2.24, 2.45) is 0 Å². The van der Waals surface area contributed by atoms with Gasteiger partial charge in [0, 0.05) is 7.05 Å². The normalized spacial score (nSPS) is 10.0. The van der Waals surface area contributed by atoms with Crippen LogP contribution in [0.25, 0.3) is 0 Å². The van der Waals surface area contributed by atoms with Crippen molar-refractivity contribution in [3.05, 3.63) is 53.7 Å². The molecule has 1 amide bonds. The van der Waals surface area contributed by atoms with Gasteiger partial charge in [0.05, 0.1) is 18.3 Å². The molecule has 0 radical (unpaired) electrons. The Balaban J connectivity index is 1.99. The number of hydrogen-bond donors (Lipinski definition) is 2. The van der Waals surface area contributed by atoms with E-state index in [0.717, 1.165) is 16.9 Å². The van der Waals surface area contributed by atoms with Crippen LogP contribution in [0.2, 0.25) is 0 Å². The number of nitrogens with one attached hydrogen (secondary N) is 2. The fraction of sp³-hybridized carbons (Fsp3) is 0.200. The van der Waals surface area contributed by atoms with Gasteiger partial charge in [-0.2, -0.15) is 0 Å². The van der Waals surface area contributed by atoms with Gasteiger partial charge in [-0.1, -0.05) is 24.3 Å². The fourth-order valence-corrected chi connectivity index (χ4v) is 1.80. The third-order valence-electron chi connectivity index (χ3n) is 2.92. The maximum atomic E-state index is 11.9. The Morgan fingerprint density at radius 1 is 1.21 bits per heavy atom. The second-order valence-corrected chi connectivity index (χ2v) is 4.33. The van der Waals surface area contributed by atoms with Crippen LogP contribution in [-0.2, 0) is 11.2 Å². The number of amides is 1. The number of rotatable bonds is 4. The number of hydrogen-bond acceptors (Lipinski definition) is 3. The molecule has 19 heavy (non-hydrogen) atoms. The lowest BCUT2D eigenvalue weighted by atomic mass is 10.1. The number of benzene rings is 1. The maximum absolute atomic E-state index is 11.9. The summed E-state index contributed by atoms with van der Waals surface area (Å²) in [6.07, 6.45) is 2.02. The van der Waals surface area contributed by atoms with Gasteiger partial charge in [-0.25, -0.2) is 4.98 Å².